The van der Waals surface area contributed by atoms with Gasteiger partial charge in [0.2, 0.25) is 5.91 Å². The molecule has 0 aromatic heterocycles. The summed E-state index contributed by atoms with van der Waals surface area (Å²) in [5.41, 5.74) is 12.8. The van der Waals surface area contributed by atoms with Crippen LogP contribution in [0.2, 0.25) is 0 Å². The molecule has 0 bridgehead atoms. The van der Waals surface area contributed by atoms with Crippen molar-refractivity contribution in [2.24, 2.45) is 5.73 Å². The maximum Gasteiger partial charge on any atom is 0.256 e. The number of benzene rings is 2. The first-order valence-corrected chi connectivity index (χ1v) is 6.99. The molecule has 0 radical (unpaired) electrons. The van der Waals surface area contributed by atoms with E-state index >= 15 is 0 Å². The molecule has 1 atom stereocenters. The number of nitrogens with zero attached hydrogens (tertiary/aromatic N) is 1. The van der Waals surface area contributed by atoms with Crippen LogP contribution in [0, 0.1) is 0 Å². The monoisotopic (exact) mass is 297 g/mol. The summed E-state index contributed by atoms with van der Waals surface area (Å²) in [6.45, 7) is 1.69. The summed E-state index contributed by atoms with van der Waals surface area (Å²) >= 11 is 0. The second-order valence-electron chi connectivity index (χ2n) is 5.07. The third kappa shape index (κ3) is 3.44. The van der Waals surface area contributed by atoms with E-state index in [2.05, 4.69) is 0 Å². The average Bonchev–Trinajstić information content (AvgIpc) is 2.52. The van der Waals surface area contributed by atoms with Crippen molar-refractivity contribution >= 4 is 17.5 Å². The van der Waals surface area contributed by atoms with Crippen molar-refractivity contribution in [2.75, 3.05) is 12.3 Å². The Labute approximate surface area is 129 Å². The summed E-state index contributed by atoms with van der Waals surface area (Å²) in [5, 5.41) is 0. The van der Waals surface area contributed by atoms with Gasteiger partial charge in [-0.15, -0.1) is 0 Å². The smallest absolute Gasteiger partial charge is 0.256 e. The topological polar surface area (TPSA) is 89.4 Å². The lowest BCUT2D eigenvalue weighted by Crippen LogP contribution is -2.40. The first kappa shape index (κ1) is 15.6. The fraction of sp³-hybridized carbons (Fsp3) is 0.176. The molecule has 1 unspecified atom stereocenters. The van der Waals surface area contributed by atoms with E-state index in [9.17, 15) is 9.59 Å². The third-order valence-corrected chi connectivity index (χ3v) is 3.53. The summed E-state index contributed by atoms with van der Waals surface area (Å²) in [5.74, 6) is -0.876. The number of rotatable bonds is 5. The van der Waals surface area contributed by atoms with E-state index in [0.29, 0.717) is 11.3 Å². The van der Waals surface area contributed by atoms with Crippen molar-refractivity contribution in [3.05, 3.63) is 65.7 Å². The Hall–Kier alpha value is -2.82. The molecule has 0 aliphatic heterocycles. The van der Waals surface area contributed by atoms with Crippen LogP contribution in [-0.2, 0) is 4.79 Å². The molecule has 22 heavy (non-hydrogen) atoms. The van der Waals surface area contributed by atoms with E-state index in [0.717, 1.165) is 5.56 Å². The molecule has 0 saturated heterocycles. The van der Waals surface area contributed by atoms with E-state index in [4.69, 9.17) is 11.5 Å². The van der Waals surface area contributed by atoms with Crippen molar-refractivity contribution in [3.8, 4) is 0 Å². The van der Waals surface area contributed by atoms with Gasteiger partial charge in [0.25, 0.3) is 5.91 Å². The molecule has 2 aromatic carbocycles. The van der Waals surface area contributed by atoms with Crippen LogP contribution < -0.4 is 11.5 Å². The van der Waals surface area contributed by atoms with Gasteiger partial charge < -0.3 is 16.4 Å². The molecule has 5 heteroatoms. The van der Waals surface area contributed by atoms with Crippen molar-refractivity contribution in [1.82, 2.24) is 4.90 Å². The molecule has 114 valence electrons. The van der Waals surface area contributed by atoms with Gasteiger partial charge in [-0.25, -0.2) is 0 Å². The largest absolute Gasteiger partial charge is 0.398 e. The second kappa shape index (κ2) is 6.76. The van der Waals surface area contributed by atoms with Crippen LogP contribution in [0.25, 0.3) is 0 Å². The highest BCUT2D eigenvalue weighted by atomic mass is 16.2. The Bertz CT molecular complexity index is 671. The average molecular weight is 297 g/mol. The predicted molar refractivity (Wildman–Crippen MR) is 85.9 cm³/mol. The van der Waals surface area contributed by atoms with Crippen molar-refractivity contribution in [3.63, 3.8) is 0 Å². The molecule has 0 spiro atoms. The quantitative estimate of drug-likeness (QED) is 0.827. The Morgan fingerprint density at radius 3 is 2.23 bits per heavy atom. The fourth-order valence-electron chi connectivity index (χ4n) is 2.31. The van der Waals surface area contributed by atoms with Gasteiger partial charge in [-0.1, -0.05) is 42.5 Å². The standard InChI is InChI=1S/C17H19N3O2/c1-12(13-7-3-2-4-8-13)20(11-16(19)21)17(22)14-9-5-6-10-15(14)18/h2-10,12H,11,18H2,1H3,(H2,19,21). The molecule has 0 saturated carbocycles. The lowest BCUT2D eigenvalue weighted by atomic mass is 10.0. The number of carbonyl (C=O) groups excluding carboxylic acids is 2. The normalized spacial score (nSPS) is 11.7. The summed E-state index contributed by atoms with van der Waals surface area (Å²) in [4.78, 5) is 25.6. The Kier molecular flexibility index (Phi) is 4.78. The van der Waals surface area contributed by atoms with Crippen LogP contribution in [0.3, 0.4) is 0 Å². The van der Waals surface area contributed by atoms with Crippen molar-refractivity contribution < 1.29 is 9.59 Å². The molecule has 2 rings (SSSR count). The number of hydrogen-bond donors (Lipinski definition) is 2. The zero-order chi connectivity index (χ0) is 16.1. The summed E-state index contributed by atoms with van der Waals surface area (Å²) < 4.78 is 0. The zero-order valence-corrected chi connectivity index (χ0v) is 12.4. The highest BCUT2D eigenvalue weighted by Gasteiger charge is 2.25. The van der Waals surface area contributed by atoms with Gasteiger partial charge in [0.15, 0.2) is 0 Å². The van der Waals surface area contributed by atoms with Gasteiger partial charge in [0.05, 0.1) is 11.6 Å². The zero-order valence-electron chi connectivity index (χ0n) is 12.4. The second-order valence-corrected chi connectivity index (χ2v) is 5.07. The lowest BCUT2D eigenvalue weighted by Gasteiger charge is -2.29. The van der Waals surface area contributed by atoms with Gasteiger partial charge in [-0.2, -0.15) is 0 Å². The van der Waals surface area contributed by atoms with E-state index < -0.39 is 5.91 Å². The minimum absolute atomic E-state index is 0.163. The van der Waals surface area contributed by atoms with Gasteiger partial charge >= 0.3 is 0 Å². The summed E-state index contributed by atoms with van der Waals surface area (Å²) in [6.07, 6.45) is 0. The number of para-hydroxylation sites is 1. The highest BCUT2D eigenvalue weighted by Crippen LogP contribution is 2.23. The van der Waals surface area contributed by atoms with Crippen LogP contribution in [0.1, 0.15) is 28.9 Å². The predicted octanol–water partition coefficient (Wildman–Crippen LogP) is 1.96. The number of carbonyl (C=O) groups is 2. The number of primary amides is 1. The SMILES string of the molecule is CC(c1ccccc1)N(CC(N)=O)C(=O)c1ccccc1N. The summed E-state index contributed by atoms with van der Waals surface area (Å²) in [7, 11) is 0. The molecule has 2 aromatic rings. The maximum absolute atomic E-state index is 12.8. The molecule has 0 heterocycles. The van der Waals surface area contributed by atoms with E-state index in [-0.39, 0.29) is 18.5 Å². The minimum Gasteiger partial charge on any atom is -0.398 e. The van der Waals surface area contributed by atoms with Crippen LogP contribution >= 0.6 is 0 Å². The number of amides is 2. The third-order valence-electron chi connectivity index (χ3n) is 3.53. The molecule has 5 nitrogen and oxygen atoms in total. The fourth-order valence-corrected chi connectivity index (χ4v) is 2.31. The van der Waals surface area contributed by atoms with Crippen LogP contribution in [0.5, 0.6) is 0 Å². The highest BCUT2D eigenvalue weighted by molar-refractivity contribution is 6.00. The number of hydrogen-bond acceptors (Lipinski definition) is 3. The Morgan fingerprint density at radius 1 is 1.05 bits per heavy atom. The first-order valence-electron chi connectivity index (χ1n) is 6.99. The number of anilines is 1. The molecule has 2 amide bonds. The molecular formula is C17H19N3O2. The Balaban J connectivity index is 2.36. The molecule has 0 aliphatic rings. The van der Waals surface area contributed by atoms with Gasteiger partial charge in [0, 0.05) is 5.69 Å². The van der Waals surface area contributed by atoms with E-state index in [1.807, 2.05) is 37.3 Å². The Morgan fingerprint density at radius 2 is 1.64 bits per heavy atom. The lowest BCUT2D eigenvalue weighted by molar-refractivity contribution is -0.119. The first-order chi connectivity index (χ1) is 10.5. The number of nitrogen functional groups attached to an aromatic ring is 1. The van der Waals surface area contributed by atoms with Crippen molar-refractivity contribution in [2.45, 2.75) is 13.0 Å². The summed E-state index contributed by atoms with van der Waals surface area (Å²) in [6, 6.07) is 16.0. The minimum atomic E-state index is -0.564. The van der Waals surface area contributed by atoms with Crippen LogP contribution in [0.15, 0.2) is 54.6 Å². The molecular weight excluding hydrogens is 278 g/mol. The van der Waals surface area contributed by atoms with Crippen LogP contribution in [-0.4, -0.2) is 23.3 Å². The van der Waals surface area contributed by atoms with Gasteiger partial charge in [-0.3, -0.25) is 9.59 Å². The molecule has 0 aliphatic carbocycles. The molecule has 4 N–H and O–H groups in total. The van der Waals surface area contributed by atoms with Crippen molar-refractivity contribution in [1.29, 1.82) is 0 Å². The van der Waals surface area contributed by atoms with Gasteiger partial charge in [-0.05, 0) is 24.6 Å². The maximum atomic E-state index is 12.8. The number of nitrogens with two attached hydrogens (primary N) is 2. The van der Waals surface area contributed by atoms with Crippen LogP contribution in [0.4, 0.5) is 5.69 Å². The van der Waals surface area contributed by atoms with E-state index in [1.165, 1.54) is 4.90 Å². The molecule has 0 fully saturated rings. The van der Waals surface area contributed by atoms with E-state index in [1.54, 1.807) is 24.3 Å². The van der Waals surface area contributed by atoms with Gasteiger partial charge in [0.1, 0.15) is 6.54 Å².